The summed E-state index contributed by atoms with van der Waals surface area (Å²) in [5, 5.41) is 12.7. The van der Waals surface area contributed by atoms with Crippen molar-refractivity contribution < 1.29 is 19.1 Å². The van der Waals surface area contributed by atoms with Crippen LogP contribution >= 0.6 is 0 Å². The lowest BCUT2D eigenvalue weighted by Crippen LogP contribution is -2.20. The molecule has 0 saturated carbocycles. The zero-order chi connectivity index (χ0) is 22.5. The minimum absolute atomic E-state index is 0.0617. The monoisotopic (exact) mass is 435 g/mol. The fourth-order valence-electron chi connectivity index (χ4n) is 3.32. The van der Waals surface area contributed by atoms with E-state index in [2.05, 4.69) is 20.3 Å². The van der Waals surface area contributed by atoms with Gasteiger partial charge in [0.05, 0.1) is 18.4 Å². The van der Waals surface area contributed by atoms with Crippen molar-refractivity contribution in [3.8, 4) is 17.0 Å². The van der Waals surface area contributed by atoms with Crippen molar-refractivity contribution in [2.24, 2.45) is 0 Å². The first-order valence-electron chi connectivity index (χ1n) is 10.0. The highest BCUT2D eigenvalue weighted by Crippen LogP contribution is 2.28. The summed E-state index contributed by atoms with van der Waals surface area (Å²) >= 11 is 0. The van der Waals surface area contributed by atoms with Crippen LogP contribution in [0.25, 0.3) is 22.3 Å². The minimum atomic E-state index is -0.500. The molecule has 0 radical (unpaired) electrons. The number of hydrogen-bond donors (Lipinski definition) is 4. The summed E-state index contributed by atoms with van der Waals surface area (Å²) in [5.74, 6) is 0.550. The van der Waals surface area contributed by atoms with Crippen LogP contribution in [0.2, 0.25) is 0 Å². The average molecular weight is 435 g/mol. The summed E-state index contributed by atoms with van der Waals surface area (Å²) in [4.78, 5) is 23.0. The van der Waals surface area contributed by atoms with Crippen molar-refractivity contribution in [1.82, 2.24) is 20.4 Å². The zero-order valence-corrected chi connectivity index (χ0v) is 17.4. The van der Waals surface area contributed by atoms with Crippen LogP contribution in [0.5, 0.6) is 5.75 Å². The van der Waals surface area contributed by atoms with E-state index in [-0.39, 0.29) is 18.8 Å². The van der Waals surface area contributed by atoms with Crippen molar-refractivity contribution in [2.75, 3.05) is 11.9 Å². The van der Waals surface area contributed by atoms with Crippen LogP contribution in [-0.2, 0) is 11.3 Å². The number of nitrogens with one attached hydrogen (secondary N) is 3. The maximum absolute atomic E-state index is 13.3. The molecule has 32 heavy (non-hydrogen) atoms. The highest BCUT2D eigenvalue weighted by Gasteiger charge is 2.10. The van der Waals surface area contributed by atoms with E-state index in [1.54, 1.807) is 23.7 Å². The lowest BCUT2D eigenvalue weighted by Gasteiger charge is -2.09. The fraction of sp³-hybridized carbons (Fsp3) is 0.174. The molecule has 0 unspecified atom stereocenters. The van der Waals surface area contributed by atoms with Crippen molar-refractivity contribution in [1.29, 1.82) is 0 Å². The number of benzene rings is 2. The van der Waals surface area contributed by atoms with Gasteiger partial charge in [-0.05, 0) is 66.1 Å². The number of aryl methyl sites for hydroxylation is 1. The highest BCUT2D eigenvalue weighted by molar-refractivity contribution is 5.91. The van der Waals surface area contributed by atoms with E-state index >= 15 is 0 Å². The summed E-state index contributed by atoms with van der Waals surface area (Å²) in [6, 6.07) is 14.1. The van der Waals surface area contributed by atoms with Crippen LogP contribution in [0.1, 0.15) is 17.5 Å². The molecule has 2 heterocycles. The molecule has 0 aliphatic rings. The molecule has 4 aromatic rings. The first kappa shape index (κ1) is 21.3. The van der Waals surface area contributed by atoms with Crippen molar-refractivity contribution >= 4 is 22.8 Å². The second-order valence-electron chi connectivity index (χ2n) is 7.25. The second kappa shape index (κ2) is 9.44. The van der Waals surface area contributed by atoms with Gasteiger partial charge in [0.25, 0.3) is 0 Å². The number of hydroxylamine groups is 1. The molecule has 0 aliphatic heterocycles. The number of carbonyl (C=O) groups excluding carboxylic acids is 1. The Kier molecular flexibility index (Phi) is 6.27. The third-order valence-corrected chi connectivity index (χ3v) is 5.06. The Hall–Kier alpha value is -3.98. The fourth-order valence-corrected chi connectivity index (χ4v) is 3.32. The Morgan fingerprint density at radius 1 is 1.16 bits per heavy atom. The lowest BCUT2D eigenvalue weighted by molar-refractivity contribution is -0.129. The second-order valence-corrected chi connectivity index (χ2v) is 7.25. The molecule has 164 valence electrons. The van der Waals surface area contributed by atoms with Gasteiger partial charge in [-0.15, -0.1) is 0 Å². The highest BCUT2D eigenvalue weighted by atomic mass is 19.1. The molecule has 4 N–H and O–H groups in total. The Balaban J connectivity index is 1.48. The van der Waals surface area contributed by atoms with Gasteiger partial charge in [-0.25, -0.2) is 19.8 Å². The number of nitrogens with zero attached hydrogens (tertiary/aromatic N) is 2. The SMILES string of the molecule is Cc1cc(F)ccc1CNc1ncnc2[nH]c(-c3ccc(OCCC(=O)NO)cc3)cc12. The van der Waals surface area contributed by atoms with Gasteiger partial charge in [-0.1, -0.05) is 6.07 Å². The molecule has 0 spiro atoms. The molecule has 4 rings (SSSR count). The third kappa shape index (κ3) is 4.84. The van der Waals surface area contributed by atoms with E-state index in [1.165, 1.54) is 18.5 Å². The first-order chi connectivity index (χ1) is 15.5. The number of anilines is 1. The van der Waals surface area contributed by atoms with Crippen LogP contribution in [0.15, 0.2) is 54.9 Å². The topological polar surface area (TPSA) is 112 Å². The molecular formula is C23H22FN5O3. The number of amides is 1. The van der Waals surface area contributed by atoms with Crippen LogP contribution in [0.3, 0.4) is 0 Å². The van der Waals surface area contributed by atoms with Gasteiger partial charge in [0, 0.05) is 12.2 Å². The van der Waals surface area contributed by atoms with E-state index in [4.69, 9.17) is 9.94 Å². The Morgan fingerprint density at radius 2 is 1.97 bits per heavy atom. The van der Waals surface area contributed by atoms with E-state index < -0.39 is 5.91 Å². The molecule has 0 bridgehead atoms. The van der Waals surface area contributed by atoms with Gasteiger partial charge >= 0.3 is 0 Å². The Bertz CT molecular complexity index is 1240. The lowest BCUT2D eigenvalue weighted by atomic mass is 10.1. The summed E-state index contributed by atoms with van der Waals surface area (Å²) in [5.41, 5.74) is 5.93. The van der Waals surface area contributed by atoms with Gasteiger partial charge in [0.1, 0.15) is 29.4 Å². The predicted molar refractivity (Wildman–Crippen MR) is 118 cm³/mol. The smallest absolute Gasteiger partial charge is 0.246 e. The maximum Gasteiger partial charge on any atom is 0.246 e. The molecule has 2 aromatic carbocycles. The van der Waals surface area contributed by atoms with Crippen LogP contribution in [0.4, 0.5) is 10.2 Å². The van der Waals surface area contributed by atoms with Crippen molar-refractivity contribution in [3.05, 3.63) is 71.8 Å². The first-order valence-corrected chi connectivity index (χ1v) is 10.0. The average Bonchev–Trinajstić information content (AvgIpc) is 3.24. The molecule has 0 fully saturated rings. The molecule has 1 amide bonds. The minimum Gasteiger partial charge on any atom is -0.493 e. The van der Waals surface area contributed by atoms with Crippen molar-refractivity contribution in [3.63, 3.8) is 0 Å². The van der Waals surface area contributed by atoms with Crippen molar-refractivity contribution in [2.45, 2.75) is 19.9 Å². The molecule has 0 aliphatic carbocycles. The molecule has 2 aromatic heterocycles. The van der Waals surface area contributed by atoms with E-state index in [0.717, 1.165) is 27.8 Å². The quantitative estimate of drug-likeness (QED) is 0.246. The standard InChI is InChI=1S/C23H22FN5O3/c1-14-10-17(24)5-2-16(14)12-25-22-19-11-20(28-23(19)27-13-26-22)15-3-6-18(7-4-15)32-9-8-21(30)29-31/h2-7,10-11,13,31H,8-9,12H2,1H3,(H,29,30)(H2,25,26,27,28). The maximum atomic E-state index is 13.3. The van der Waals surface area contributed by atoms with E-state index in [9.17, 15) is 9.18 Å². The summed E-state index contributed by atoms with van der Waals surface area (Å²) < 4.78 is 18.8. The number of aromatic nitrogens is 3. The van der Waals surface area contributed by atoms with Gasteiger partial charge < -0.3 is 15.0 Å². The van der Waals surface area contributed by atoms with Crippen LogP contribution in [-0.4, -0.2) is 32.7 Å². The zero-order valence-electron chi connectivity index (χ0n) is 17.4. The largest absolute Gasteiger partial charge is 0.493 e. The van der Waals surface area contributed by atoms with Gasteiger partial charge in [-0.3, -0.25) is 10.0 Å². The Morgan fingerprint density at radius 3 is 2.72 bits per heavy atom. The number of carbonyl (C=O) groups is 1. The van der Waals surface area contributed by atoms with Gasteiger partial charge in [0.2, 0.25) is 5.91 Å². The van der Waals surface area contributed by atoms with E-state index in [1.807, 2.05) is 25.1 Å². The summed E-state index contributed by atoms with van der Waals surface area (Å²) in [7, 11) is 0. The van der Waals surface area contributed by atoms with Gasteiger partial charge in [-0.2, -0.15) is 0 Å². The Labute approximate surface area is 183 Å². The number of hydrogen-bond acceptors (Lipinski definition) is 6. The van der Waals surface area contributed by atoms with Crippen LogP contribution in [0, 0.1) is 12.7 Å². The number of ether oxygens (including phenoxy) is 1. The summed E-state index contributed by atoms with van der Waals surface area (Å²) in [6.45, 7) is 2.55. The molecular weight excluding hydrogens is 413 g/mol. The van der Waals surface area contributed by atoms with E-state index in [0.29, 0.717) is 23.8 Å². The number of halogens is 1. The number of fused-ring (bicyclic) bond motifs is 1. The number of rotatable bonds is 8. The number of H-pyrrole nitrogens is 1. The third-order valence-electron chi connectivity index (χ3n) is 5.06. The predicted octanol–water partition coefficient (Wildman–Crippen LogP) is 3.96. The molecule has 0 saturated heterocycles. The summed E-state index contributed by atoms with van der Waals surface area (Å²) in [6.07, 6.45) is 1.55. The molecule has 8 nitrogen and oxygen atoms in total. The molecule has 9 heteroatoms. The number of aromatic amines is 1. The van der Waals surface area contributed by atoms with Gasteiger partial charge in [0.15, 0.2) is 0 Å². The van der Waals surface area contributed by atoms with Crippen LogP contribution < -0.4 is 15.5 Å². The molecule has 0 atom stereocenters. The normalized spacial score (nSPS) is 10.8.